The maximum absolute atomic E-state index is 10.9. The van der Waals surface area contributed by atoms with Gasteiger partial charge in [-0.25, -0.2) is 4.79 Å². The largest absolute Gasteiger partial charge is 0.478 e. The van der Waals surface area contributed by atoms with E-state index in [2.05, 4.69) is 9.88 Å². The summed E-state index contributed by atoms with van der Waals surface area (Å²) in [6.45, 7) is 3.77. The Hall–Kier alpha value is -1.58. The van der Waals surface area contributed by atoms with E-state index in [4.69, 9.17) is 5.11 Å². The Kier molecular flexibility index (Phi) is 2.11. The van der Waals surface area contributed by atoms with E-state index in [9.17, 15) is 4.79 Å². The maximum Gasteiger partial charge on any atom is 0.339 e. The molecule has 0 radical (unpaired) electrons. The van der Waals surface area contributed by atoms with Crippen LogP contribution in [0.2, 0.25) is 0 Å². The molecule has 74 valence electrons. The van der Waals surface area contributed by atoms with Gasteiger partial charge in [-0.05, 0) is 19.4 Å². The predicted octanol–water partition coefficient (Wildman–Crippen LogP) is 1.30. The molecule has 1 saturated heterocycles. The number of aryl methyl sites for hydroxylation is 1. The monoisotopic (exact) mass is 192 g/mol. The molecule has 2 rings (SSSR count). The van der Waals surface area contributed by atoms with E-state index in [0.717, 1.165) is 30.9 Å². The third-order valence-electron chi connectivity index (χ3n) is 2.45. The molecule has 2 heterocycles. The summed E-state index contributed by atoms with van der Waals surface area (Å²) in [6.07, 6.45) is 2.58. The van der Waals surface area contributed by atoms with Gasteiger partial charge in [0.25, 0.3) is 0 Å². The SMILES string of the molecule is Cc1cc(N2CCC2)c(C(=O)O)cn1. The molecule has 0 saturated carbocycles. The first-order valence-electron chi connectivity index (χ1n) is 4.63. The molecule has 0 unspecified atom stereocenters. The van der Waals surface area contributed by atoms with Gasteiger partial charge in [-0.2, -0.15) is 0 Å². The lowest BCUT2D eigenvalue weighted by Gasteiger charge is -2.34. The van der Waals surface area contributed by atoms with Crippen LogP contribution in [-0.4, -0.2) is 29.1 Å². The molecule has 0 bridgehead atoms. The fraction of sp³-hybridized carbons (Fsp3) is 0.400. The Labute approximate surface area is 82.2 Å². The lowest BCUT2D eigenvalue weighted by Crippen LogP contribution is -2.38. The van der Waals surface area contributed by atoms with Crippen molar-refractivity contribution >= 4 is 11.7 Å². The van der Waals surface area contributed by atoms with Crippen molar-refractivity contribution < 1.29 is 9.90 Å². The molecule has 1 N–H and O–H groups in total. The fourth-order valence-corrected chi connectivity index (χ4v) is 1.53. The van der Waals surface area contributed by atoms with Crippen LogP contribution in [0.3, 0.4) is 0 Å². The molecule has 1 aliphatic rings. The lowest BCUT2D eigenvalue weighted by atomic mass is 10.1. The molecule has 1 aromatic rings. The van der Waals surface area contributed by atoms with Crippen LogP contribution in [0.25, 0.3) is 0 Å². The quantitative estimate of drug-likeness (QED) is 0.767. The number of hydrogen-bond acceptors (Lipinski definition) is 3. The Morgan fingerprint density at radius 1 is 1.57 bits per heavy atom. The minimum absolute atomic E-state index is 0.301. The van der Waals surface area contributed by atoms with Crippen LogP contribution in [0.4, 0.5) is 5.69 Å². The number of rotatable bonds is 2. The van der Waals surface area contributed by atoms with Crippen LogP contribution in [0.5, 0.6) is 0 Å². The van der Waals surface area contributed by atoms with Crippen molar-refractivity contribution in [3.05, 3.63) is 23.5 Å². The number of nitrogens with zero attached hydrogens (tertiary/aromatic N) is 2. The molecule has 0 spiro atoms. The summed E-state index contributed by atoms with van der Waals surface area (Å²) >= 11 is 0. The Bertz CT molecular complexity index is 372. The van der Waals surface area contributed by atoms with E-state index in [1.807, 2.05) is 13.0 Å². The van der Waals surface area contributed by atoms with Crippen LogP contribution in [0.15, 0.2) is 12.3 Å². The first-order valence-corrected chi connectivity index (χ1v) is 4.63. The first-order chi connectivity index (χ1) is 6.68. The zero-order valence-corrected chi connectivity index (χ0v) is 8.03. The lowest BCUT2D eigenvalue weighted by molar-refractivity contribution is 0.0697. The molecule has 0 aliphatic carbocycles. The molecule has 0 aromatic carbocycles. The smallest absolute Gasteiger partial charge is 0.339 e. The molecule has 0 atom stereocenters. The fourth-order valence-electron chi connectivity index (χ4n) is 1.53. The molecule has 0 amide bonds. The van der Waals surface area contributed by atoms with Crippen molar-refractivity contribution in [1.29, 1.82) is 0 Å². The Morgan fingerprint density at radius 3 is 2.79 bits per heavy atom. The normalized spacial score (nSPS) is 15.1. The van der Waals surface area contributed by atoms with Crippen molar-refractivity contribution in [3.63, 3.8) is 0 Å². The number of hydrogen-bond donors (Lipinski definition) is 1. The standard InChI is InChI=1S/C10H12N2O2/c1-7-5-9(12-3-2-4-12)8(6-11-7)10(13)14/h5-6H,2-4H2,1H3,(H,13,14). The van der Waals surface area contributed by atoms with Crippen molar-refractivity contribution in [2.75, 3.05) is 18.0 Å². The number of carboxylic acids is 1. The number of aromatic nitrogens is 1. The van der Waals surface area contributed by atoms with Crippen LogP contribution in [0.1, 0.15) is 22.5 Å². The summed E-state index contributed by atoms with van der Waals surface area (Å²) < 4.78 is 0. The van der Waals surface area contributed by atoms with Gasteiger partial charge in [-0.1, -0.05) is 0 Å². The molecule has 4 nitrogen and oxygen atoms in total. The summed E-state index contributed by atoms with van der Waals surface area (Å²) in [7, 11) is 0. The van der Waals surface area contributed by atoms with Crippen molar-refractivity contribution in [2.24, 2.45) is 0 Å². The second-order valence-electron chi connectivity index (χ2n) is 3.49. The van der Waals surface area contributed by atoms with Crippen LogP contribution in [0, 0.1) is 6.92 Å². The molecular formula is C10H12N2O2. The Balaban J connectivity index is 2.42. The summed E-state index contributed by atoms with van der Waals surface area (Å²) in [5.41, 5.74) is 1.96. The second-order valence-corrected chi connectivity index (χ2v) is 3.49. The second kappa shape index (κ2) is 3.29. The molecule has 1 aromatic heterocycles. The van der Waals surface area contributed by atoms with Gasteiger partial charge >= 0.3 is 5.97 Å². The summed E-state index contributed by atoms with van der Waals surface area (Å²) in [6, 6.07) is 1.84. The van der Waals surface area contributed by atoms with Crippen molar-refractivity contribution in [2.45, 2.75) is 13.3 Å². The van der Waals surface area contributed by atoms with Crippen LogP contribution in [-0.2, 0) is 0 Å². The van der Waals surface area contributed by atoms with E-state index in [1.54, 1.807) is 0 Å². The van der Waals surface area contributed by atoms with E-state index in [0.29, 0.717) is 5.56 Å². The van der Waals surface area contributed by atoms with E-state index in [1.165, 1.54) is 6.20 Å². The summed E-state index contributed by atoms with van der Waals surface area (Å²) in [5.74, 6) is -0.903. The first kappa shape index (κ1) is 8.99. The van der Waals surface area contributed by atoms with Gasteiger partial charge < -0.3 is 10.0 Å². The number of aromatic carboxylic acids is 1. The zero-order chi connectivity index (χ0) is 10.1. The highest BCUT2D eigenvalue weighted by Crippen LogP contribution is 2.25. The molecule has 1 fully saturated rings. The van der Waals surface area contributed by atoms with Crippen LogP contribution < -0.4 is 4.90 Å². The maximum atomic E-state index is 10.9. The van der Waals surface area contributed by atoms with Gasteiger partial charge in [0.05, 0.1) is 5.69 Å². The topological polar surface area (TPSA) is 53.4 Å². The van der Waals surface area contributed by atoms with E-state index in [-0.39, 0.29) is 0 Å². The minimum atomic E-state index is -0.903. The minimum Gasteiger partial charge on any atom is -0.478 e. The van der Waals surface area contributed by atoms with Crippen LogP contribution >= 0.6 is 0 Å². The van der Waals surface area contributed by atoms with Gasteiger partial charge in [0.2, 0.25) is 0 Å². The van der Waals surface area contributed by atoms with Gasteiger partial charge in [-0.3, -0.25) is 4.98 Å². The van der Waals surface area contributed by atoms with Gasteiger partial charge in [0, 0.05) is 25.0 Å². The Morgan fingerprint density at radius 2 is 2.29 bits per heavy atom. The average Bonchev–Trinajstić information content (AvgIpc) is 2.00. The molecule has 4 heteroatoms. The van der Waals surface area contributed by atoms with E-state index >= 15 is 0 Å². The van der Waals surface area contributed by atoms with Crippen molar-refractivity contribution in [3.8, 4) is 0 Å². The summed E-state index contributed by atoms with van der Waals surface area (Å²) in [4.78, 5) is 17.0. The van der Waals surface area contributed by atoms with Crippen molar-refractivity contribution in [1.82, 2.24) is 4.98 Å². The summed E-state index contributed by atoms with van der Waals surface area (Å²) in [5, 5.41) is 8.96. The number of pyridine rings is 1. The van der Waals surface area contributed by atoms with Gasteiger partial charge in [-0.15, -0.1) is 0 Å². The molecule has 1 aliphatic heterocycles. The molecule has 14 heavy (non-hydrogen) atoms. The van der Waals surface area contributed by atoms with Gasteiger partial charge in [0.15, 0.2) is 0 Å². The number of carbonyl (C=O) groups is 1. The third kappa shape index (κ3) is 1.43. The van der Waals surface area contributed by atoms with Gasteiger partial charge in [0.1, 0.15) is 5.56 Å². The molecular weight excluding hydrogens is 180 g/mol. The number of carboxylic acid groups (broad SMARTS) is 1. The predicted molar refractivity (Wildman–Crippen MR) is 52.8 cm³/mol. The third-order valence-corrected chi connectivity index (χ3v) is 2.45. The highest BCUT2D eigenvalue weighted by Gasteiger charge is 2.21. The highest BCUT2D eigenvalue weighted by atomic mass is 16.4. The number of anilines is 1. The zero-order valence-electron chi connectivity index (χ0n) is 8.03. The highest BCUT2D eigenvalue weighted by molar-refractivity contribution is 5.94. The van der Waals surface area contributed by atoms with E-state index < -0.39 is 5.97 Å². The average molecular weight is 192 g/mol.